The minimum atomic E-state index is -1.13. The molecule has 0 heterocycles. The minimum Gasteiger partial charge on any atom is -0.496 e. The standard InChI is InChI=1S/C11H13NO5/c1-7-8(16-2)4-3-5-9(7)17-11(15)12-6-10(13)14/h3-5H,6H2,1-2H3,(H,12,15)(H,13,14). The van der Waals surface area contributed by atoms with E-state index in [0.717, 1.165) is 0 Å². The Morgan fingerprint density at radius 2 is 2.00 bits per heavy atom. The topological polar surface area (TPSA) is 84.9 Å². The number of nitrogens with one attached hydrogen (secondary N) is 1. The lowest BCUT2D eigenvalue weighted by molar-refractivity contribution is -0.135. The van der Waals surface area contributed by atoms with E-state index in [1.807, 2.05) is 0 Å². The third-order valence-electron chi connectivity index (χ3n) is 2.04. The van der Waals surface area contributed by atoms with Crippen LogP contribution in [0.1, 0.15) is 5.56 Å². The molecule has 0 fully saturated rings. The minimum absolute atomic E-state index is 0.326. The van der Waals surface area contributed by atoms with Crippen molar-refractivity contribution in [3.63, 3.8) is 0 Å². The second kappa shape index (κ2) is 5.74. The van der Waals surface area contributed by atoms with Crippen LogP contribution >= 0.6 is 0 Å². The molecule has 2 N–H and O–H groups in total. The van der Waals surface area contributed by atoms with E-state index in [-0.39, 0.29) is 0 Å². The van der Waals surface area contributed by atoms with E-state index in [1.54, 1.807) is 25.1 Å². The summed E-state index contributed by atoms with van der Waals surface area (Å²) in [6.45, 7) is 1.25. The van der Waals surface area contributed by atoms with Crippen LogP contribution in [-0.2, 0) is 4.79 Å². The Balaban J connectivity index is 2.68. The first-order valence-corrected chi connectivity index (χ1v) is 4.85. The van der Waals surface area contributed by atoms with Crippen LogP contribution in [0, 0.1) is 6.92 Å². The maximum Gasteiger partial charge on any atom is 0.413 e. The van der Waals surface area contributed by atoms with E-state index < -0.39 is 18.6 Å². The van der Waals surface area contributed by atoms with Crippen molar-refractivity contribution in [2.24, 2.45) is 0 Å². The molecule has 1 rings (SSSR count). The van der Waals surface area contributed by atoms with Crippen LogP contribution in [0.4, 0.5) is 4.79 Å². The number of aliphatic carboxylic acids is 1. The number of carboxylic acids is 1. The van der Waals surface area contributed by atoms with Gasteiger partial charge in [0.05, 0.1) is 7.11 Å². The molecule has 0 aliphatic rings. The molecule has 0 aliphatic heterocycles. The van der Waals surface area contributed by atoms with Gasteiger partial charge in [-0.1, -0.05) is 6.07 Å². The van der Waals surface area contributed by atoms with Gasteiger partial charge in [-0.15, -0.1) is 0 Å². The monoisotopic (exact) mass is 239 g/mol. The molecule has 17 heavy (non-hydrogen) atoms. The Morgan fingerprint density at radius 1 is 1.35 bits per heavy atom. The highest BCUT2D eigenvalue weighted by Crippen LogP contribution is 2.26. The van der Waals surface area contributed by atoms with Gasteiger partial charge in [-0.25, -0.2) is 4.79 Å². The highest BCUT2D eigenvalue weighted by Gasteiger charge is 2.10. The Morgan fingerprint density at radius 3 is 2.59 bits per heavy atom. The molecule has 0 saturated carbocycles. The zero-order valence-corrected chi connectivity index (χ0v) is 9.52. The largest absolute Gasteiger partial charge is 0.496 e. The smallest absolute Gasteiger partial charge is 0.413 e. The van der Waals surface area contributed by atoms with E-state index in [4.69, 9.17) is 14.6 Å². The first-order valence-electron chi connectivity index (χ1n) is 4.85. The first kappa shape index (κ1) is 12.8. The van der Waals surface area contributed by atoms with Crippen LogP contribution in [0.2, 0.25) is 0 Å². The van der Waals surface area contributed by atoms with Gasteiger partial charge in [-0.3, -0.25) is 4.79 Å². The fourth-order valence-electron chi connectivity index (χ4n) is 1.21. The summed E-state index contributed by atoms with van der Waals surface area (Å²) in [6.07, 6.45) is -0.816. The number of carbonyl (C=O) groups is 2. The van der Waals surface area contributed by atoms with E-state index in [2.05, 4.69) is 5.32 Å². The molecular formula is C11H13NO5. The van der Waals surface area contributed by atoms with E-state index in [1.165, 1.54) is 7.11 Å². The summed E-state index contributed by atoms with van der Waals surface area (Å²) < 4.78 is 10.0. The van der Waals surface area contributed by atoms with Crippen LogP contribution in [0.5, 0.6) is 11.5 Å². The predicted molar refractivity (Wildman–Crippen MR) is 59.4 cm³/mol. The van der Waals surface area contributed by atoms with Gasteiger partial charge in [0.15, 0.2) is 0 Å². The van der Waals surface area contributed by atoms with Gasteiger partial charge < -0.3 is 19.9 Å². The van der Waals surface area contributed by atoms with Gasteiger partial charge in [0, 0.05) is 5.56 Å². The number of methoxy groups -OCH3 is 1. The van der Waals surface area contributed by atoms with Crippen molar-refractivity contribution in [1.82, 2.24) is 5.32 Å². The molecule has 0 spiro atoms. The molecule has 0 radical (unpaired) electrons. The van der Waals surface area contributed by atoms with Crippen molar-refractivity contribution >= 4 is 12.1 Å². The summed E-state index contributed by atoms with van der Waals surface area (Å²) in [7, 11) is 1.51. The third-order valence-corrected chi connectivity index (χ3v) is 2.04. The van der Waals surface area contributed by atoms with Gasteiger partial charge in [-0.2, -0.15) is 0 Å². The quantitative estimate of drug-likeness (QED) is 0.824. The van der Waals surface area contributed by atoms with E-state index >= 15 is 0 Å². The number of hydrogen-bond acceptors (Lipinski definition) is 4. The van der Waals surface area contributed by atoms with Gasteiger partial charge in [0.1, 0.15) is 18.0 Å². The van der Waals surface area contributed by atoms with Crippen LogP contribution in [0.25, 0.3) is 0 Å². The Kier molecular flexibility index (Phi) is 4.33. The lowest BCUT2D eigenvalue weighted by atomic mass is 10.2. The molecule has 1 amide bonds. The van der Waals surface area contributed by atoms with Crippen LogP contribution in [-0.4, -0.2) is 30.8 Å². The molecule has 6 heteroatoms. The summed E-state index contributed by atoms with van der Waals surface area (Å²) in [4.78, 5) is 21.5. The van der Waals surface area contributed by atoms with Gasteiger partial charge >= 0.3 is 12.1 Å². The van der Waals surface area contributed by atoms with E-state index in [0.29, 0.717) is 17.1 Å². The Hall–Kier alpha value is -2.24. The molecule has 0 unspecified atom stereocenters. The molecule has 1 aromatic rings. The lowest BCUT2D eigenvalue weighted by Gasteiger charge is -2.10. The summed E-state index contributed by atoms with van der Waals surface area (Å²) in [5, 5.41) is 10.5. The number of ether oxygens (including phenoxy) is 2. The number of hydrogen-bond donors (Lipinski definition) is 2. The van der Waals surface area contributed by atoms with Crippen molar-refractivity contribution in [2.75, 3.05) is 13.7 Å². The molecule has 0 atom stereocenters. The van der Waals surface area contributed by atoms with Crippen LogP contribution < -0.4 is 14.8 Å². The van der Waals surface area contributed by atoms with Crippen molar-refractivity contribution in [1.29, 1.82) is 0 Å². The SMILES string of the molecule is COc1cccc(OC(=O)NCC(=O)O)c1C. The number of benzene rings is 1. The van der Waals surface area contributed by atoms with Gasteiger partial charge in [0.25, 0.3) is 0 Å². The normalized spacial score (nSPS) is 9.53. The van der Waals surface area contributed by atoms with Crippen molar-refractivity contribution in [3.8, 4) is 11.5 Å². The molecular weight excluding hydrogens is 226 g/mol. The van der Waals surface area contributed by atoms with Gasteiger partial charge in [-0.05, 0) is 19.1 Å². The third kappa shape index (κ3) is 3.67. The summed E-state index contributed by atoms with van der Waals surface area (Å²) in [5.74, 6) is -0.218. The molecule has 0 saturated heterocycles. The second-order valence-corrected chi connectivity index (χ2v) is 3.22. The van der Waals surface area contributed by atoms with E-state index in [9.17, 15) is 9.59 Å². The highest BCUT2D eigenvalue weighted by atomic mass is 16.6. The molecule has 92 valence electrons. The summed E-state index contributed by atoms with van der Waals surface area (Å²) in [5.41, 5.74) is 0.667. The number of rotatable bonds is 4. The molecule has 1 aromatic carbocycles. The summed E-state index contributed by atoms with van der Waals surface area (Å²) in [6, 6.07) is 5.00. The van der Waals surface area contributed by atoms with Crippen LogP contribution in [0.15, 0.2) is 18.2 Å². The predicted octanol–water partition coefficient (Wildman–Crippen LogP) is 1.18. The summed E-state index contributed by atoms with van der Waals surface area (Å²) >= 11 is 0. The van der Waals surface area contributed by atoms with Crippen molar-refractivity contribution < 1.29 is 24.2 Å². The Bertz CT molecular complexity index is 430. The van der Waals surface area contributed by atoms with Crippen molar-refractivity contribution in [3.05, 3.63) is 23.8 Å². The zero-order chi connectivity index (χ0) is 12.8. The molecule has 0 aliphatic carbocycles. The first-order chi connectivity index (χ1) is 8.04. The van der Waals surface area contributed by atoms with Crippen LogP contribution in [0.3, 0.4) is 0 Å². The highest BCUT2D eigenvalue weighted by molar-refractivity contribution is 5.78. The fourth-order valence-corrected chi connectivity index (χ4v) is 1.21. The number of amides is 1. The maximum atomic E-state index is 11.2. The average molecular weight is 239 g/mol. The Labute approximate surface area is 98.2 Å². The molecule has 6 nitrogen and oxygen atoms in total. The average Bonchev–Trinajstić information content (AvgIpc) is 2.29. The maximum absolute atomic E-state index is 11.2. The number of carbonyl (C=O) groups excluding carboxylic acids is 1. The van der Waals surface area contributed by atoms with Crippen molar-refractivity contribution in [2.45, 2.75) is 6.92 Å². The molecule has 0 aromatic heterocycles. The molecule has 0 bridgehead atoms. The lowest BCUT2D eigenvalue weighted by Crippen LogP contribution is -2.31. The second-order valence-electron chi connectivity index (χ2n) is 3.22. The fraction of sp³-hybridized carbons (Fsp3) is 0.273. The van der Waals surface area contributed by atoms with Gasteiger partial charge in [0.2, 0.25) is 0 Å². The zero-order valence-electron chi connectivity index (χ0n) is 9.52. The number of carboxylic acid groups (broad SMARTS) is 1.